The number of amides is 1. The molecule has 6 nitrogen and oxygen atoms in total. The van der Waals surface area contributed by atoms with Gasteiger partial charge in [-0.2, -0.15) is 5.26 Å². The number of nitrogens with zero attached hydrogens (tertiary/aromatic N) is 3. The van der Waals surface area contributed by atoms with E-state index in [1.807, 2.05) is 19.9 Å². The fourth-order valence-corrected chi connectivity index (χ4v) is 4.25. The first-order valence-electron chi connectivity index (χ1n) is 7.97. The number of thioether (sulfide) groups is 1. The molecule has 0 aliphatic carbocycles. The van der Waals surface area contributed by atoms with Gasteiger partial charge in [0, 0.05) is 12.0 Å². The van der Waals surface area contributed by atoms with E-state index in [1.165, 1.54) is 11.3 Å². The molecule has 0 fully saturated rings. The number of carbonyl (C=O) groups is 1. The SMILES string of the molecule is CCc1cnc(C(C)Sc2cnc(NC(=O)c3cccc(C#N)c3)s2)o1. The van der Waals surface area contributed by atoms with Crippen LogP contribution in [0.2, 0.25) is 0 Å². The summed E-state index contributed by atoms with van der Waals surface area (Å²) in [5, 5.41) is 12.2. The van der Waals surface area contributed by atoms with Crippen LogP contribution in [0.25, 0.3) is 0 Å². The van der Waals surface area contributed by atoms with Gasteiger partial charge in [0.15, 0.2) is 5.13 Å². The van der Waals surface area contributed by atoms with Crippen LogP contribution in [0.15, 0.2) is 45.3 Å². The Morgan fingerprint density at radius 3 is 3.00 bits per heavy atom. The Hall–Kier alpha value is -2.63. The molecule has 8 heteroatoms. The van der Waals surface area contributed by atoms with Gasteiger partial charge in [-0.15, -0.1) is 11.8 Å². The van der Waals surface area contributed by atoms with E-state index in [9.17, 15) is 4.79 Å². The van der Waals surface area contributed by atoms with Crippen LogP contribution in [-0.2, 0) is 6.42 Å². The third kappa shape index (κ3) is 4.31. The van der Waals surface area contributed by atoms with Crippen LogP contribution in [0, 0.1) is 11.3 Å². The standard InChI is InChI=1S/C18H16N4O2S2/c1-3-14-9-20-17(24-14)11(2)25-15-10-21-18(26-15)22-16(23)13-6-4-5-12(7-13)8-19/h4-7,9-11H,3H2,1-2H3,(H,21,22,23). The molecule has 2 aromatic heterocycles. The second kappa shape index (κ2) is 8.17. The summed E-state index contributed by atoms with van der Waals surface area (Å²) < 4.78 is 6.63. The third-order valence-electron chi connectivity index (χ3n) is 3.52. The van der Waals surface area contributed by atoms with E-state index in [-0.39, 0.29) is 11.2 Å². The maximum Gasteiger partial charge on any atom is 0.257 e. The zero-order valence-corrected chi connectivity index (χ0v) is 15.9. The van der Waals surface area contributed by atoms with E-state index >= 15 is 0 Å². The van der Waals surface area contributed by atoms with Gasteiger partial charge in [-0.3, -0.25) is 10.1 Å². The summed E-state index contributed by atoms with van der Waals surface area (Å²) in [6, 6.07) is 8.57. The van der Waals surface area contributed by atoms with Crippen molar-refractivity contribution >= 4 is 34.1 Å². The van der Waals surface area contributed by atoms with E-state index in [2.05, 4.69) is 15.3 Å². The molecule has 1 atom stereocenters. The van der Waals surface area contributed by atoms with Crippen molar-refractivity contribution in [1.82, 2.24) is 9.97 Å². The number of aromatic nitrogens is 2. The van der Waals surface area contributed by atoms with Gasteiger partial charge in [0.25, 0.3) is 5.91 Å². The van der Waals surface area contributed by atoms with Gasteiger partial charge in [0.05, 0.1) is 33.5 Å². The lowest BCUT2D eigenvalue weighted by Crippen LogP contribution is -2.11. The smallest absolute Gasteiger partial charge is 0.257 e. The van der Waals surface area contributed by atoms with Gasteiger partial charge in [-0.25, -0.2) is 9.97 Å². The van der Waals surface area contributed by atoms with Crippen molar-refractivity contribution in [1.29, 1.82) is 5.26 Å². The van der Waals surface area contributed by atoms with Crippen LogP contribution >= 0.6 is 23.1 Å². The second-order valence-electron chi connectivity index (χ2n) is 5.41. The Bertz CT molecular complexity index is 958. The van der Waals surface area contributed by atoms with Gasteiger partial charge in [0.2, 0.25) is 5.89 Å². The van der Waals surface area contributed by atoms with Crippen LogP contribution in [0.3, 0.4) is 0 Å². The molecule has 132 valence electrons. The topological polar surface area (TPSA) is 91.8 Å². The number of nitrogens with one attached hydrogen (secondary N) is 1. The molecule has 3 rings (SSSR count). The molecular weight excluding hydrogens is 368 g/mol. The van der Waals surface area contributed by atoms with Crippen molar-refractivity contribution in [2.75, 3.05) is 5.32 Å². The molecule has 0 saturated heterocycles. The average Bonchev–Trinajstić information content (AvgIpc) is 3.31. The predicted molar refractivity (Wildman–Crippen MR) is 101 cm³/mol. The van der Waals surface area contributed by atoms with Crippen LogP contribution in [0.4, 0.5) is 5.13 Å². The molecule has 0 aliphatic heterocycles. The summed E-state index contributed by atoms with van der Waals surface area (Å²) in [5.74, 6) is 1.25. The molecule has 1 aromatic carbocycles. The minimum absolute atomic E-state index is 0.0478. The fourth-order valence-electron chi connectivity index (χ4n) is 2.17. The summed E-state index contributed by atoms with van der Waals surface area (Å²) in [6.07, 6.45) is 4.28. The number of rotatable bonds is 6. The zero-order valence-electron chi connectivity index (χ0n) is 14.2. The summed E-state index contributed by atoms with van der Waals surface area (Å²) in [4.78, 5) is 20.8. The highest BCUT2D eigenvalue weighted by molar-refractivity contribution is 8.01. The van der Waals surface area contributed by atoms with Crippen LogP contribution in [0.5, 0.6) is 0 Å². The summed E-state index contributed by atoms with van der Waals surface area (Å²) in [6.45, 7) is 4.04. The van der Waals surface area contributed by atoms with E-state index in [0.29, 0.717) is 22.1 Å². The molecule has 0 spiro atoms. The van der Waals surface area contributed by atoms with E-state index in [1.54, 1.807) is 48.4 Å². The van der Waals surface area contributed by atoms with Gasteiger partial charge >= 0.3 is 0 Å². The largest absolute Gasteiger partial charge is 0.445 e. The molecule has 2 heterocycles. The third-order valence-corrected chi connectivity index (χ3v) is 5.66. The Kier molecular flexibility index (Phi) is 5.71. The highest BCUT2D eigenvalue weighted by atomic mass is 32.2. The first-order valence-corrected chi connectivity index (χ1v) is 9.67. The molecule has 0 radical (unpaired) electrons. The minimum atomic E-state index is -0.290. The molecular formula is C18H16N4O2S2. The van der Waals surface area contributed by atoms with Crippen molar-refractivity contribution in [2.45, 2.75) is 29.7 Å². The molecule has 26 heavy (non-hydrogen) atoms. The molecule has 1 N–H and O–H groups in total. The van der Waals surface area contributed by atoms with Gasteiger partial charge in [-0.05, 0) is 25.1 Å². The van der Waals surface area contributed by atoms with Gasteiger partial charge < -0.3 is 4.42 Å². The fraction of sp³-hybridized carbons (Fsp3) is 0.222. The zero-order chi connectivity index (χ0) is 18.5. The average molecular weight is 384 g/mol. The molecule has 1 unspecified atom stereocenters. The molecule has 1 amide bonds. The number of thiazole rings is 1. The summed E-state index contributed by atoms with van der Waals surface area (Å²) in [5.41, 5.74) is 0.868. The monoisotopic (exact) mass is 384 g/mol. The second-order valence-corrected chi connectivity index (χ2v) is 8.08. The van der Waals surface area contributed by atoms with Crippen LogP contribution < -0.4 is 5.32 Å². The van der Waals surface area contributed by atoms with Crippen molar-refractivity contribution in [2.24, 2.45) is 0 Å². The maximum absolute atomic E-state index is 12.3. The van der Waals surface area contributed by atoms with Crippen molar-refractivity contribution in [3.8, 4) is 6.07 Å². The highest BCUT2D eigenvalue weighted by Crippen LogP contribution is 2.38. The lowest BCUT2D eigenvalue weighted by molar-refractivity contribution is 0.102. The number of benzene rings is 1. The van der Waals surface area contributed by atoms with Gasteiger partial charge in [-0.1, -0.05) is 24.3 Å². The quantitative estimate of drug-likeness (QED) is 0.621. The first kappa shape index (κ1) is 18.2. The van der Waals surface area contributed by atoms with E-state index in [0.717, 1.165) is 16.4 Å². The molecule has 0 bridgehead atoms. The molecule has 0 saturated carbocycles. The Morgan fingerprint density at radius 2 is 2.27 bits per heavy atom. The Labute approximate surface area is 159 Å². The number of anilines is 1. The number of nitriles is 1. The predicted octanol–water partition coefficient (Wildman–Crippen LogP) is 4.67. The minimum Gasteiger partial charge on any atom is -0.445 e. The Morgan fingerprint density at radius 1 is 1.42 bits per heavy atom. The van der Waals surface area contributed by atoms with Crippen LogP contribution in [0.1, 0.15) is 46.7 Å². The number of hydrogen-bond donors (Lipinski definition) is 1. The number of carbonyl (C=O) groups excluding carboxylic acids is 1. The van der Waals surface area contributed by atoms with E-state index < -0.39 is 0 Å². The number of oxazole rings is 1. The van der Waals surface area contributed by atoms with Crippen molar-refractivity contribution in [3.63, 3.8) is 0 Å². The highest BCUT2D eigenvalue weighted by Gasteiger charge is 2.16. The summed E-state index contributed by atoms with van der Waals surface area (Å²) in [7, 11) is 0. The van der Waals surface area contributed by atoms with Gasteiger partial charge in [0.1, 0.15) is 5.76 Å². The maximum atomic E-state index is 12.3. The Balaban J connectivity index is 1.64. The lowest BCUT2D eigenvalue weighted by atomic mass is 10.1. The number of hydrogen-bond acceptors (Lipinski definition) is 7. The lowest BCUT2D eigenvalue weighted by Gasteiger charge is -2.04. The van der Waals surface area contributed by atoms with E-state index in [4.69, 9.17) is 9.68 Å². The normalized spacial score (nSPS) is 11.7. The number of aryl methyl sites for hydroxylation is 1. The van der Waals surface area contributed by atoms with Crippen LogP contribution in [-0.4, -0.2) is 15.9 Å². The first-order chi connectivity index (χ1) is 12.6. The van der Waals surface area contributed by atoms with Crippen molar-refractivity contribution < 1.29 is 9.21 Å². The molecule has 3 aromatic rings. The summed E-state index contributed by atoms with van der Waals surface area (Å²) >= 11 is 2.96. The molecule has 0 aliphatic rings. The van der Waals surface area contributed by atoms with Crippen molar-refractivity contribution in [3.05, 3.63) is 59.4 Å².